The highest BCUT2D eigenvalue weighted by molar-refractivity contribution is 6.30. The third-order valence-electron chi connectivity index (χ3n) is 2.80. The van der Waals surface area contributed by atoms with E-state index in [1.165, 1.54) is 0 Å². The maximum atomic E-state index is 6.25. The SMILES string of the molecule is COCc1cc2nc(-c3ccccc3)cc(Cl)n2n1. The van der Waals surface area contributed by atoms with Crippen LogP contribution in [0.5, 0.6) is 0 Å². The van der Waals surface area contributed by atoms with Gasteiger partial charge >= 0.3 is 0 Å². The molecule has 0 aliphatic carbocycles. The molecule has 0 amide bonds. The van der Waals surface area contributed by atoms with E-state index >= 15 is 0 Å². The molecule has 3 rings (SSSR count). The second kappa shape index (κ2) is 4.99. The number of methoxy groups -OCH3 is 1. The van der Waals surface area contributed by atoms with E-state index < -0.39 is 0 Å². The second-order valence-electron chi connectivity index (χ2n) is 4.17. The molecule has 0 saturated heterocycles. The average Bonchev–Trinajstić information content (AvgIpc) is 2.83. The predicted octanol–water partition coefficient (Wildman–Crippen LogP) is 3.20. The molecule has 0 saturated carbocycles. The van der Waals surface area contributed by atoms with Gasteiger partial charge in [0, 0.05) is 24.8 Å². The lowest BCUT2D eigenvalue weighted by atomic mass is 10.1. The Morgan fingerprint density at radius 1 is 1.21 bits per heavy atom. The van der Waals surface area contributed by atoms with Gasteiger partial charge in [-0.1, -0.05) is 41.9 Å². The van der Waals surface area contributed by atoms with Crippen LogP contribution in [0.3, 0.4) is 0 Å². The van der Waals surface area contributed by atoms with Crippen LogP contribution in [0, 0.1) is 0 Å². The fourth-order valence-corrected chi connectivity index (χ4v) is 2.19. The third-order valence-corrected chi connectivity index (χ3v) is 3.07. The summed E-state index contributed by atoms with van der Waals surface area (Å²) in [5, 5.41) is 4.87. The lowest BCUT2D eigenvalue weighted by Gasteiger charge is -2.03. The molecule has 0 radical (unpaired) electrons. The molecule has 0 aliphatic heterocycles. The van der Waals surface area contributed by atoms with E-state index in [0.717, 1.165) is 22.6 Å². The van der Waals surface area contributed by atoms with Crippen molar-refractivity contribution < 1.29 is 4.74 Å². The Morgan fingerprint density at radius 2 is 2.00 bits per heavy atom. The van der Waals surface area contributed by atoms with Crippen LogP contribution in [-0.2, 0) is 11.3 Å². The molecule has 2 aromatic heterocycles. The largest absolute Gasteiger partial charge is 0.378 e. The van der Waals surface area contributed by atoms with Gasteiger partial charge in [0.15, 0.2) is 5.65 Å². The van der Waals surface area contributed by atoms with Gasteiger partial charge in [-0.15, -0.1) is 0 Å². The number of rotatable bonds is 3. The third kappa shape index (κ3) is 2.32. The van der Waals surface area contributed by atoms with Gasteiger partial charge in [0.1, 0.15) is 5.15 Å². The summed E-state index contributed by atoms with van der Waals surface area (Å²) in [5.41, 5.74) is 3.39. The molecule has 0 aliphatic rings. The predicted molar refractivity (Wildman–Crippen MR) is 74.1 cm³/mol. The highest BCUT2D eigenvalue weighted by atomic mass is 35.5. The monoisotopic (exact) mass is 273 g/mol. The van der Waals surface area contributed by atoms with Crippen LogP contribution in [-0.4, -0.2) is 21.7 Å². The zero-order valence-electron chi connectivity index (χ0n) is 10.4. The zero-order chi connectivity index (χ0) is 13.2. The molecule has 4 nitrogen and oxygen atoms in total. The van der Waals surface area contributed by atoms with Gasteiger partial charge in [0.2, 0.25) is 0 Å². The first-order valence-corrected chi connectivity index (χ1v) is 6.25. The molecule has 0 unspecified atom stereocenters. The molecule has 5 heteroatoms. The number of fused-ring (bicyclic) bond motifs is 1. The van der Waals surface area contributed by atoms with Gasteiger partial charge in [-0.25, -0.2) is 9.50 Å². The maximum absolute atomic E-state index is 6.25. The number of hydrogen-bond acceptors (Lipinski definition) is 3. The summed E-state index contributed by atoms with van der Waals surface area (Å²) in [6.45, 7) is 0.445. The van der Waals surface area contributed by atoms with E-state index in [1.807, 2.05) is 42.5 Å². The molecule has 19 heavy (non-hydrogen) atoms. The van der Waals surface area contributed by atoms with Crippen molar-refractivity contribution in [3.63, 3.8) is 0 Å². The number of ether oxygens (including phenoxy) is 1. The van der Waals surface area contributed by atoms with E-state index in [-0.39, 0.29) is 0 Å². The van der Waals surface area contributed by atoms with Crippen LogP contribution in [0.1, 0.15) is 5.69 Å². The highest BCUT2D eigenvalue weighted by Crippen LogP contribution is 2.22. The van der Waals surface area contributed by atoms with E-state index in [0.29, 0.717) is 11.8 Å². The van der Waals surface area contributed by atoms with Crippen molar-refractivity contribution in [1.82, 2.24) is 14.6 Å². The molecular weight excluding hydrogens is 262 g/mol. The lowest BCUT2D eigenvalue weighted by Crippen LogP contribution is -1.95. The van der Waals surface area contributed by atoms with Crippen LogP contribution in [0.2, 0.25) is 5.15 Å². The van der Waals surface area contributed by atoms with Crippen molar-refractivity contribution in [3.8, 4) is 11.3 Å². The quantitative estimate of drug-likeness (QED) is 0.688. The minimum absolute atomic E-state index is 0.445. The van der Waals surface area contributed by atoms with Crippen LogP contribution in [0.15, 0.2) is 42.5 Å². The van der Waals surface area contributed by atoms with E-state index in [4.69, 9.17) is 16.3 Å². The fraction of sp³-hybridized carbons (Fsp3) is 0.143. The number of hydrogen-bond donors (Lipinski definition) is 0. The fourth-order valence-electron chi connectivity index (χ4n) is 1.96. The standard InChI is InChI=1S/C14H12ClN3O/c1-19-9-11-7-14-16-12(8-13(15)18(14)17-11)10-5-3-2-4-6-10/h2-8H,9H2,1H3. The first-order chi connectivity index (χ1) is 9.28. The Morgan fingerprint density at radius 3 is 2.74 bits per heavy atom. The van der Waals surface area contributed by atoms with Crippen LogP contribution < -0.4 is 0 Å². The van der Waals surface area contributed by atoms with Crippen molar-refractivity contribution in [1.29, 1.82) is 0 Å². The topological polar surface area (TPSA) is 39.4 Å². The lowest BCUT2D eigenvalue weighted by molar-refractivity contribution is 0.181. The van der Waals surface area contributed by atoms with Gasteiger partial charge in [-0.2, -0.15) is 5.10 Å². The minimum Gasteiger partial charge on any atom is -0.378 e. The summed E-state index contributed by atoms with van der Waals surface area (Å²) in [6, 6.07) is 13.6. The van der Waals surface area contributed by atoms with Crippen LogP contribution in [0.25, 0.3) is 16.9 Å². The van der Waals surface area contributed by atoms with Gasteiger partial charge in [-0.05, 0) is 0 Å². The Kier molecular flexibility index (Phi) is 3.19. The molecular formula is C14H12ClN3O. The van der Waals surface area contributed by atoms with Gasteiger partial charge in [-0.3, -0.25) is 0 Å². The summed E-state index contributed by atoms with van der Waals surface area (Å²) in [4.78, 5) is 4.57. The Balaban J connectivity index is 2.13. The number of nitrogens with zero attached hydrogens (tertiary/aromatic N) is 3. The van der Waals surface area contributed by atoms with Crippen LogP contribution in [0.4, 0.5) is 0 Å². The molecule has 0 fully saturated rings. The summed E-state index contributed by atoms with van der Waals surface area (Å²) >= 11 is 6.25. The van der Waals surface area contributed by atoms with Crippen molar-refractivity contribution in [2.75, 3.05) is 7.11 Å². The molecule has 1 aromatic carbocycles. The summed E-state index contributed by atoms with van der Waals surface area (Å²) < 4.78 is 6.68. The molecule has 0 bridgehead atoms. The van der Waals surface area contributed by atoms with Crippen LogP contribution >= 0.6 is 11.6 Å². The Labute approximate surface area is 115 Å². The highest BCUT2D eigenvalue weighted by Gasteiger charge is 2.09. The van der Waals surface area contributed by atoms with Crippen molar-refractivity contribution in [3.05, 3.63) is 53.3 Å². The van der Waals surface area contributed by atoms with E-state index in [2.05, 4.69) is 10.1 Å². The number of benzene rings is 1. The van der Waals surface area contributed by atoms with Crippen molar-refractivity contribution in [2.24, 2.45) is 0 Å². The molecule has 0 spiro atoms. The Bertz CT molecular complexity index is 709. The summed E-state index contributed by atoms with van der Waals surface area (Å²) in [5.74, 6) is 0. The van der Waals surface area contributed by atoms with Crippen molar-refractivity contribution in [2.45, 2.75) is 6.61 Å². The van der Waals surface area contributed by atoms with E-state index in [9.17, 15) is 0 Å². The number of aromatic nitrogens is 3. The normalized spacial score (nSPS) is 11.1. The van der Waals surface area contributed by atoms with Gasteiger partial charge in [0.05, 0.1) is 18.0 Å². The van der Waals surface area contributed by atoms with Gasteiger partial charge in [0.25, 0.3) is 0 Å². The Hall–Kier alpha value is -1.91. The summed E-state index contributed by atoms with van der Waals surface area (Å²) in [6.07, 6.45) is 0. The smallest absolute Gasteiger partial charge is 0.157 e. The molecule has 0 N–H and O–H groups in total. The average molecular weight is 274 g/mol. The minimum atomic E-state index is 0.445. The molecule has 96 valence electrons. The van der Waals surface area contributed by atoms with E-state index in [1.54, 1.807) is 11.6 Å². The first kappa shape index (κ1) is 12.1. The zero-order valence-corrected chi connectivity index (χ0v) is 11.1. The second-order valence-corrected chi connectivity index (χ2v) is 4.56. The number of halogens is 1. The molecule has 2 heterocycles. The molecule has 0 atom stereocenters. The maximum Gasteiger partial charge on any atom is 0.157 e. The van der Waals surface area contributed by atoms with Gasteiger partial charge < -0.3 is 4.74 Å². The first-order valence-electron chi connectivity index (χ1n) is 5.87. The molecule has 3 aromatic rings. The van der Waals surface area contributed by atoms with Crippen molar-refractivity contribution >= 4 is 17.2 Å². The summed E-state index contributed by atoms with van der Waals surface area (Å²) in [7, 11) is 1.63.